The number of aromatic nitrogens is 2. The van der Waals surface area contributed by atoms with Crippen LogP contribution in [0.25, 0.3) is 22.4 Å². The van der Waals surface area contributed by atoms with E-state index in [4.69, 9.17) is 4.74 Å². The molecule has 2 aliphatic rings. The molecule has 3 aromatic rings. The van der Waals surface area contributed by atoms with E-state index in [0.717, 1.165) is 42.2 Å². The van der Waals surface area contributed by atoms with E-state index in [1.54, 1.807) is 32.3 Å². The first-order valence-corrected chi connectivity index (χ1v) is 13.9. The fraction of sp³-hybridized carbons (Fsp3) is 0.419. The third kappa shape index (κ3) is 8.72. The molecular weight excluding hydrogens is 525 g/mol. The van der Waals surface area contributed by atoms with Gasteiger partial charge in [0, 0.05) is 37.3 Å². The van der Waals surface area contributed by atoms with Gasteiger partial charge < -0.3 is 30.6 Å². The highest BCUT2D eigenvalue weighted by atomic mass is 19.1. The molecule has 41 heavy (non-hydrogen) atoms. The third-order valence-corrected chi connectivity index (χ3v) is 7.26. The molecule has 2 saturated carbocycles. The normalized spacial score (nSPS) is 14.8. The molecule has 0 radical (unpaired) electrons. The van der Waals surface area contributed by atoms with Gasteiger partial charge in [0.1, 0.15) is 24.5 Å². The van der Waals surface area contributed by atoms with Crippen molar-refractivity contribution in [3.8, 4) is 28.3 Å². The van der Waals surface area contributed by atoms with Crippen LogP contribution in [0.2, 0.25) is 0 Å². The van der Waals surface area contributed by atoms with Crippen molar-refractivity contribution in [2.75, 3.05) is 37.4 Å². The van der Waals surface area contributed by atoms with E-state index in [0.29, 0.717) is 40.8 Å². The number of halogens is 1. The van der Waals surface area contributed by atoms with Crippen molar-refractivity contribution in [3.63, 3.8) is 0 Å². The van der Waals surface area contributed by atoms with Crippen LogP contribution < -0.4 is 20.7 Å². The van der Waals surface area contributed by atoms with Crippen LogP contribution in [0.1, 0.15) is 44.6 Å². The number of nitrogens with one attached hydrogen (secondary N) is 3. The number of hydrogen-bond acceptors (Lipinski definition) is 7. The number of aryl methyl sites for hydroxylation is 1. The topological polar surface area (TPSA) is 125 Å². The Balaban J connectivity index is 0.000000699. The second-order valence-corrected chi connectivity index (χ2v) is 10.9. The molecule has 0 aliphatic heterocycles. The Morgan fingerprint density at radius 2 is 1.98 bits per heavy atom. The van der Waals surface area contributed by atoms with Crippen molar-refractivity contribution in [2.24, 2.45) is 11.3 Å². The molecule has 0 atom stereocenters. The minimum absolute atomic E-state index is 0.0857. The minimum atomic E-state index is -0.514. The standard InChI is InChI=1S/C27H32FN5O3.C4H6O/c1-17-12-21(28)23(33-26(35)31-9-7-27(2)5-6-27)16-20(17)19-13-22(32-25(15-19)36-11-10-34)18-4-8-30-24(14-18)29-3;5-3-4-1-2-4/h4,8,12-16,34H,5-7,9-11H2,1-3H3,(H,29,30)(H2,31,33,35);3-4H,1-2H2. The molecular formula is C31H38FN5O4. The number of aliphatic hydroxyl groups excluding tert-OH is 1. The number of anilines is 2. The molecule has 10 heteroatoms. The maximum Gasteiger partial charge on any atom is 0.319 e. The summed E-state index contributed by atoms with van der Waals surface area (Å²) in [4.78, 5) is 30.8. The molecule has 0 spiro atoms. The first kappa shape index (κ1) is 29.9. The number of benzene rings is 1. The second-order valence-electron chi connectivity index (χ2n) is 10.9. The summed E-state index contributed by atoms with van der Waals surface area (Å²) in [5, 5.41) is 17.7. The molecule has 9 nitrogen and oxygen atoms in total. The third-order valence-electron chi connectivity index (χ3n) is 7.26. The Kier molecular flexibility index (Phi) is 9.88. The van der Waals surface area contributed by atoms with Crippen LogP contribution in [0.15, 0.2) is 42.6 Å². The van der Waals surface area contributed by atoms with E-state index in [2.05, 4.69) is 32.8 Å². The largest absolute Gasteiger partial charge is 0.475 e. The van der Waals surface area contributed by atoms with Crippen molar-refractivity contribution in [1.29, 1.82) is 0 Å². The number of nitrogens with zero attached hydrogens (tertiary/aromatic N) is 2. The van der Waals surface area contributed by atoms with Crippen LogP contribution in [0.3, 0.4) is 0 Å². The first-order chi connectivity index (χ1) is 19.7. The van der Waals surface area contributed by atoms with Gasteiger partial charge in [-0.3, -0.25) is 0 Å². The van der Waals surface area contributed by atoms with Crippen LogP contribution >= 0.6 is 0 Å². The monoisotopic (exact) mass is 563 g/mol. The number of ether oxygens (including phenoxy) is 1. The lowest BCUT2D eigenvalue weighted by atomic mass is 9.98. The van der Waals surface area contributed by atoms with E-state index in [1.165, 1.54) is 18.9 Å². The average Bonchev–Trinajstić information content (AvgIpc) is 3.91. The van der Waals surface area contributed by atoms with Gasteiger partial charge in [-0.15, -0.1) is 0 Å². The molecule has 2 heterocycles. The van der Waals surface area contributed by atoms with Gasteiger partial charge in [-0.2, -0.15) is 0 Å². The molecule has 0 bridgehead atoms. The van der Waals surface area contributed by atoms with Crippen molar-refractivity contribution in [1.82, 2.24) is 15.3 Å². The van der Waals surface area contributed by atoms with Crippen molar-refractivity contribution < 1.29 is 23.8 Å². The van der Waals surface area contributed by atoms with Crippen molar-refractivity contribution in [3.05, 3.63) is 54.0 Å². The summed E-state index contributed by atoms with van der Waals surface area (Å²) in [6.07, 6.45) is 8.26. The van der Waals surface area contributed by atoms with E-state index in [-0.39, 0.29) is 18.9 Å². The zero-order chi connectivity index (χ0) is 29.4. The maximum absolute atomic E-state index is 14.8. The maximum atomic E-state index is 14.8. The lowest BCUT2D eigenvalue weighted by Crippen LogP contribution is -2.30. The van der Waals surface area contributed by atoms with Gasteiger partial charge in [0.05, 0.1) is 18.0 Å². The summed E-state index contributed by atoms with van der Waals surface area (Å²) < 4.78 is 20.4. The summed E-state index contributed by atoms with van der Waals surface area (Å²) in [5.41, 5.74) is 4.00. The Hall–Kier alpha value is -4.05. The number of pyridine rings is 2. The van der Waals surface area contributed by atoms with Gasteiger partial charge in [0.2, 0.25) is 5.88 Å². The molecule has 0 saturated heterocycles. The Morgan fingerprint density at radius 1 is 1.20 bits per heavy atom. The number of urea groups is 1. The molecule has 5 rings (SSSR count). The van der Waals surface area contributed by atoms with Gasteiger partial charge in [-0.05, 0) is 91.5 Å². The molecule has 1 aromatic carbocycles. The predicted octanol–water partition coefficient (Wildman–Crippen LogP) is 5.58. The lowest BCUT2D eigenvalue weighted by Gasteiger charge is -2.15. The van der Waals surface area contributed by atoms with Crippen LogP contribution in [-0.2, 0) is 4.79 Å². The molecule has 2 fully saturated rings. The van der Waals surface area contributed by atoms with Gasteiger partial charge in [0.25, 0.3) is 0 Å². The first-order valence-electron chi connectivity index (χ1n) is 13.9. The zero-order valence-electron chi connectivity index (χ0n) is 23.8. The molecule has 2 aromatic heterocycles. The summed E-state index contributed by atoms with van der Waals surface area (Å²) in [5.74, 6) is 0.946. The fourth-order valence-electron chi connectivity index (χ4n) is 4.18. The van der Waals surface area contributed by atoms with Crippen molar-refractivity contribution in [2.45, 2.75) is 46.0 Å². The fourth-order valence-corrected chi connectivity index (χ4v) is 4.18. The van der Waals surface area contributed by atoms with Gasteiger partial charge in [-0.25, -0.2) is 19.2 Å². The van der Waals surface area contributed by atoms with E-state index in [9.17, 15) is 19.1 Å². The quantitative estimate of drug-likeness (QED) is 0.225. The Morgan fingerprint density at radius 3 is 2.61 bits per heavy atom. The second kappa shape index (κ2) is 13.5. The predicted molar refractivity (Wildman–Crippen MR) is 157 cm³/mol. The summed E-state index contributed by atoms with van der Waals surface area (Å²) in [6.45, 7) is 4.48. The molecule has 218 valence electrons. The number of hydrogen-bond donors (Lipinski definition) is 4. The highest BCUT2D eigenvalue weighted by Gasteiger charge is 2.36. The minimum Gasteiger partial charge on any atom is -0.475 e. The smallest absolute Gasteiger partial charge is 0.319 e. The molecule has 4 N–H and O–H groups in total. The van der Waals surface area contributed by atoms with Gasteiger partial charge in [-0.1, -0.05) is 6.92 Å². The summed E-state index contributed by atoms with van der Waals surface area (Å²) in [6, 6.07) is 9.88. The summed E-state index contributed by atoms with van der Waals surface area (Å²) in [7, 11) is 1.78. The Labute approximate surface area is 239 Å². The SMILES string of the molecule is CNc1cc(-c2cc(-c3cc(NC(=O)NCCC4(C)CC4)c(F)cc3C)cc(OCCO)n2)ccn1.O=CC1CC1. The van der Waals surface area contributed by atoms with Gasteiger partial charge in [0.15, 0.2) is 0 Å². The van der Waals surface area contributed by atoms with Crippen LogP contribution in [-0.4, -0.2) is 54.2 Å². The number of carbonyl (C=O) groups is 2. The highest BCUT2D eigenvalue weighted by molar-refractivity contribution is 5.90. The zero-order valence-corrected chi connectivity index (χ0v) is 23.8. The van der Waals surface area contributed by atoms with Gasteiger partial charge >= 0.3 is 6.03 Å². The lowest BCUT2D eigenvalue weighted by molar-refractivity contribution is -0.108. The van der Waals surface area contributed by atoms with E-state index in [1.807, 2.05) is 18.2 Å². The van der Waals surface area contributed by atoms with Crippen LogP contribution in [0.4, 0.5) is 20.7 Å². The number of amides is 2. The number of carbonyl (C=O) groups excluding carboxylic acids is 2. The summed E-state index contributed by atoms with van der Waals surface area (Å²) >= 11 is 0. The van der Waals surface area contributed by atoms with Crippen LogP contribution in [0.5, 0.6) is 5.88 Å². The number of aldehydes is 1. The number of aliphatic hydroxyl groups is 1. The molecule has 2 amide bonds. The molecule has 2 aliphatic carbocycles. The van der Waals surface area contributed by atoms with E-state index >= 15 is 0 Å². The van der Waals surface area contributed by atoms with Crippen LogP contribution in [0, 0.1) is 24.1 Å². The van der Waals surface area contributed by atoms with E-state index < -0.39 is 11.8 Å². The highest BCUT2D eigenvalue weighted by Crippen LogP contribution is 2.47. The number of rotatable bonds is 11. The Bertz CT molecular complexity index is 1370. The van der Waals surface area contributed by atoms with Crippen molar-refractivity contribution >= 4 is 23.8 Å². The average molecular weight is 564 g/mol. The molecule has 0 unspecified atom stereocenters.